The van der Waals surface area contributed by atoms with E-state index in [0.29, 0.717) is 30.5 Å². The second kappa shape index (κ2) is 4.42. The first-order valence-corrected chi connectivity index (χ1v) is 7.85. The lowest BCUT2D eigenvalue weighted by Gasteiger charge is -2.32. The second-order valence-electron chi connectivity index (χ2n) is 7.88. The third-order valence-corrected chi connectivity index (χ3v) is 5.88. The molecule has 20 heavy (non-hydrogen) atoms. The van der Waals surface area contributed by atoms with Crippen molar-refractivity contribution in [3.63, 3.8) is 0 Å². The highest BCUT2D eigenvalue weighted by molar-refractivity contribution is 6.48. The van der Waals surface area contributed by atoms with E-state index in [1.54, 1.807) is 0 Å². The molecule has 0 aromatic heterocycles. The van der Waals surface area contributed by atoms with Crippen LogP contribution in [0.3, 0.4) is 0 Å². The average Bonchev–Trinajstić information content (AvgIpc) is 3.03. The van der Waals surface area contributed by atoms with Crippen molar-refractivity contribution in [2.45, 2.75) is 82.7 Å². The molecule has 114 valence electrons. The van der Waals surface area contributed by atoms with E-state index in [1.807, 2.05) is 0 Å². The van der Waals surface area contributed by atoms with Gasteiger partial charge in [0.2, 0.25) is 5.92 Å². The quantitative estimate of drug-likeness (QED) is 0.705. The van der Waals surface area contributed by atoms with Crippen molar-refractivity contribution in [3.8, 4) is 0 Å². The van der Waals surface area contributed by atoms with Gasteiger partial charge in [0.05, 0.1) is 11.2 Å². The Kier molecular flexibility index (Phi) is 3.26. The molecule has 0 N–H and O–H groups in total. The lowest BCUT2D eigenvalue weighted by Crippen LogP contribution is -2.41. The summed E-state index contributed by atoms with van der Waals surface area (Å²) in [6.07, 6.45) is 2.52. The van der Waals surface area contributed by atoms with E-state index >= 15 is 0 Å². The highest BCUT2D eigenvalue weighted by atomic mass is 19.3. The summed E-state index contributed by atoms with van der Waals surface area (Å²) >= 11 is 0. The van der Waals surface area contributed by atoms with Crippen LogP contribution >= 0.6 is 0 Å². The lowest BCUT2D eigenvalue weighted by atomic mass is 9.75. The van der Waals surface area contributed by atoms with Gasteiger partial charge in [-0.05, 0) is 64.6 Å². The largest absolute Gasteiger partial charge is 0.461 e. The summed E-state index contributed by atoms with van der Waals surface area (Å²) in [6.45, 7) is 8.24. The standard InChI is InChI=1S/C15H25BF2O2/c1-13(2)14(3,4)20-16(19-13)12-9-11(12)10-5-7-15(17,18)8-6-10/h10-12H,5-9H2,1-4H3/t11-,12+/m0/s1. The Hall–Kier alpha value is -0.155. The van der Waals surface area contributed by atoms with Crippen molar-refractivity contribution < 1.29 is 18.1 Å². The van der Waals surface area contributed by atoms with Crippen LogP contribution in [0.5, 0.6) is 0 Å². The van der Waals surface area contributed by atoms with Crippen molar-refractivity contribution in [1.82, 2.24) is 0 Å². The fourth-order valence-corrected chi connectivity index (χ4v) is 3.64. The summed E-state index contributed by atoms with van der Waals surface area (Å²) < 4.78 is 38.6. The molecule has 2 nitrogen and oxygen atoms in total. The van der Waals surface area contributed by atoms with Crippen molar-refractivity contribution in [2.24, 2.45) is 11.8 Å². The molecular formula is C15H25BF2O2. The molecule has 3 rings (SSSR count). The van der Waals surface area contributed by atoms with Crippen LogP contribution in [0, 0.1) is 11.8 Å². The van der Waals surface area contributed by atoms with Gasteiger partial charge < -0.3 is 9.31 Å². The van der Waals surface area contributed by atoms with Crippen LogP contribution in [-0.4, -0.2) is 24.2 Å². The SMILES string of the molecule is CC1(C)OB([C@@H]2C[C@H]2C2CCC(F)(F)CC2)OC1(C)C. The molecular weight excluding hydrogens is 261 g/mol. The van der Waals surface area contributed by atoms with Gasteiger partial charge in [0.25, 0.3) is 0 Å². The smallest absolute Gasteiger partial charge is 0.403 e. The summed E-state index contributed by atoms with van der Waals surface area (Å²) in [5, 5.41) is 0. The van der Waals surface area contributed by atoms with E-state index in [0.717, 1.165) is 6.42 Å². The molecule has 0 unspecified atom stereocenters. The van der Waals surface area contributed by atoms with Crippen LogP contribution in [0.2, 0.25) is 5.82 Å². The van der Waals surface area contributed by atoms with Gasteiger partial charge in [-0.25, -0.2) is 8.78 Å². The molecule has 3 aliphatic rings. The van der Waals surface area contributed by atoms with E-state index in [4.69, 9.17) is 9.31 Å². The molecule has 0 spiro atoms. The first-order chi connectivity index (χ1) is 9.11. The van der Waals surface area contributed by atoms with E-state index in [-0.39, 0.29) is 31.2 Å². The molecule has 3 fully saturated rings. The zero-order valence-corrected chi connectivity index (χ0v) is 12.9. The summed E-state index contributed by atoms with van der Waals surface area (Å²) in [6, 6.07) is 0. The molecule has 2 saturated carbocycles. The van der Waals surface area contributed by atoms with Gasteiger partial charge in [-0.15, -0.1) is 0 Å². The van der Waals surface area contributed by atoms with Crippen LogP contribution < -0.4 is 0 Å². The molecule has 5 heteroatoms. The number of hydrogen-bond donors (Lipinski definition) is 0. The minimum absolute atomic E-state index is 0.0598. The Morgan fingerprint density at radius 2 is 1.45 bits per heavy atom. The molecule has 0 bridgehead atoms. The van der Waals surface area contributed by atoms with E-state index in [1.165, 1.54) is 0 Å². The number of hydrogen-bond acceptors (Lipinski definition) is 2. The Balaban J connectivity index is 1.56. The fraction of sp³-hybridized carbons (Fsp3) is 1.00. The molecule has 1 saturated heterocycles. The Bertz CT molecular complexity index is 371. The van der Waals surface area contributed by atoms with Gasteiger partial charge in [-0.3, -0.25) is 0 Å². The van der Waals surface area contributed by atoms with Gasteiger partial charge in [0.1, 0.15) is 0 Å². The maximum Gasteiger partial charge on any atom is 0.461 e. The first-order valence-electron chi connectivity index (χ1n) is 7.85. The maximum atomic E-state index is 13.2. The minimum atomic E-state index is -2.43. The molecule has 1 aliphatic heterocycles. The second-order valence-corrected chi connectivity index (χ2v) is 7.88. The summed E-state index contributed by atoms with van der Waals surface area (Å²) in [5.41, 5.74) is -0.575. The first kappa shape index (κ1) is 14.8. The molecule has 1 heterocycles. The zero-order valence-electron chi connectivity index (χ0n) is 12.9. The monoisotopic (exact) mass is 286 g/mol. The van der Waals surface area contributed by atoms with E-state index in [9.17, 15) is 8.78 Å². The van der Waals surface area contributed by atoms with Gasteiger partial charge in [0.15, 0.2) is 0 Å². The zero-order chi connectivity index (χ0) is 14.8. The molecule has 0 amide bonds. The number of rotatable bonds is 2. The molecule has 0 radical (unpaired) electrons. The van der Waals surface area contributed by atoms with Crippen LogP contribution in [0.1, 0.15) is 59.8 Å². The van der Waals surface area contributed by atoms with Crippen LogP contribution in [0.25, 0.3) is 0 Å². The van der Waals surface area contributed by atoms with Gasteiger partial charge in [-0.2, -0.15) is 0 Å². The molecule has 0 aromatic carbocycles. The molecule has 2 aliphatic carbocycles. The van der Waals surface area contributed by atoms with Crippen molar-refractivity contribution in [3.05, 3.63) is 0 Å². The number of halogens is 2. The summed E-state index contributed by atoms with van der Waals surface area (Å²) in [7, 11) is -0.146. The summed E-state index contributed by atoms with van der Waals surface area (Å²) in [4.78, 5) is 0. The van der Waals surface area contributed by atoms with Crippen molar-refractivity contribution in [2.75, 3.05) is 0 Å². The minimum Gasteiger partial charge on any atom is -0.403 e. The predicted octanol–water partition coefficient (Wildman–Crippen LogP) is 4.29. The molecule has 2 atom stereocenters. The third kappa shape index (κ3) is 2.52. The van der Waals surface area contributed by atoms with Crippen molar-refractivity contribution in [1.29, 1.82) is 0 Å². The normalized spacial score (nSPS) is 39.0. The Morgan fingerprint density at radius 3 is 1.95 bits per heavy atom. The maximum absolute atomic E-state index is 13.2. The fourth-order valence-electron chi connectivity index (χ4n) is 3.64. The van der Waals surface area contributed by atoms with Crippen molar-refractivity contribution >= 4 is 7.12 Å². The van der Waals surface area contributed by atoms with Crippen LogP contribution in [0.4, 0.5) is 8.78 Å². The van der Waals surface area contributed by atoms with Gasteiger partial charge in [0, 0.05) is 12.8 Å². The molecule has 0 aromatic rings. The highest BCUT2D eigenvalue weighted by Gasteiger charge is 2.61. The predicted molar refractivity (Wildman–Crippen MR) is 74.8 cm³/mol. The lowest BCUT2D eigenvalue weighted by molar-refractivity contribution is -0.0480. The van der Waals surface area contributed by atoms with Crippen LogP contribution in [-0.2, 0) is 9.31 Å². The Morgan fingerprint density at radius 1 is 0.950 bits per heavy atom. The Labute approximate surface area is 120 Å². The average molecular weight is 286 g/mol. The van der Waals surface area contributed by atoms with Crippen LogP contribution in [0.15, 0.2) is 0 Å². The summed E-state index contributed by atoms with van der Waals surface area (Å²) in [5.74, 6) is -1.04. The van der Waals surface area contributed by atoms with E-state index < -0.39 is 5.92 Å². The van der Waals surface area contributed by atoms with Gasteiger partial charge in [-0.1, -0.05) is 0 Å². The number of alkyl halides is 2. The van der Waals surface area contributed by atoms with Gasteiger partial charge >= 0.3 is 7.12 Å². The topological polar surface area (TPSA) is 18.5 Å². The highest BCUT2D eigenvalue weighted by Crippen LogP contribution is 2.59. The van der Waals surface area contributed by atoms with E-state index in [2.05, 4.69) is 27.7 Å². The third-order valence-electron chi connectivity index (χ3n) is 5.88.